The van der Waals surface area contributed by atoms with Gasteiger partial charge in [-0.2, -0.15) is 0 Å². The summed E-state index contributed by atoms with van der Waals surface area (Å²) >= 11 is 0. The van der Waals surface area contributed by atoms with E-state index in [9.17, 15) is 15.0 Å². The topological polar surface area (TPSA) is 57.5 Å². The number of hydrogen-bond acceptors (Lipinski definition) is 2. The predicted molar refractivity (Wildman–Crippen MR) is 65.6 cm³/mol. The molecule has 0 amide bonds. The van der Waals surface area contributed by atoms with Crippen molar-refractivity contribution in [3.63, 3.8) is 0 Å². The highest BCUT2D eigenvalue weighted by molar-refractivity contribution is 5.79. The molecule has 0 saturated heterocycles. The lowest BCUT2D eigenvalue weighted by Crippen LogP contribution is -2.54. The molecule has 2 aliphatic carbocycles. The van der Waals surface area contributed by atoms with Crippen LogP contribution in [0.1, 0.15) is 46.5 Å². The van der Waals surface area contributed by atoms with E-state index in [0.717, 1.165) is 12.0 Å². The van der Waals surface area contributed by atoms with Crippen LogP contribution in [0, 0.1) is 16.7 Å². The molecule has 2 aliphatic rings. The van der Waals surface area contributed by atoms with Gasteiger partial charge in [-0.1, -0.05) is 19.4 Å². The second-order valence-electron chi connectivity index (χ2n) is 6.54. The summed E-state index contributed by atoms with van der Waals surface area (Å²) in [6, 6.07) is 0. The molecule has 2 bridgehead atoms. The molecule has 96 valence electrons. The Morgan fingerprint density at radius 3 is 2.47 bits per heavy atom. The van der Waals surface area contributed by atoms with E-state index < -0.39 is 17.0 Å². The number of aliphatic carboxylic acids is 1. The molecule has 17 heavy (non-hydrogen) atoms. The van der Waals surface area contributed by atoms with Crippen LogP contribution in [0.15, 0.2) is 12.2 Å². The average Bonchev–Trinajstić information content (AvgIpc) is 2.46. The Balaban J connectivity index is 2.51. The van der Waals surface area contributed by atoms with E-state index >= 15 is 0 Å². The van der Waals surface area contributed by atoms with Crippen molar-refractivity contribution in [2.45, 2.75) is 52.1 Å². The lowest BCUT2D eigenvalue weighted by Gasteiger charge is -2.44. The molecular formula is C14H22O3. The summed E-state index contributed by atoms with van der Waals surface area (Å²) in [7, 11) is 0. The van der Waals surface area contributed by atoms with Crippen LogP contribution in [-0.4, -0.2) is 21.8 Å². The van der Waals surface area contributed by atoms with Crippen LogP contribution in [0.3, 0.4) is 0 Å². The standard InChI is InChI=1S/C14H22O3/c1-9(2)7-13(17)8-10-5-6-14(13,11(15)16)12(10,3)4/h10,17H,1,5-8H2,2-4H3,(H,15,16)/t10-,13-,14+/m1/s1. The van der Waals surface area contributed by atoms with Crippen LogP contribution < -0.4 is 0 Å². The zero-order valence-corrected chi connectivity index (χ0v) is 10.9. The minimum atomic E-state index is -1.11. The number of rotatable bonds is 3. The van der Waals surface area contributed by atoms with E-state index in [4.69, 9.17) is 0 Å². The van der Waals surface area contributed by atoms with Crippen molar-refractivity contribution in [1.82, 2.24) is 0 Å². The van der Waals surface area contributed by atoms with Crippen LogP contribution in [-0.2, 0) is 4.79 Å². The molecule has 2 saturated carbocycles. The van der Waals surface area contributed by atoms with Crippen molar-refractivity contribution in [1.29, 1.82) is 0 Å². The lowest BCUT2D eigenvalue weighted by atomic mass is 9.61. The summed E-state index contributed by atoms with van der Waals surface area (Å²) in [6.45, 7) is 9.68. The fourth-order valence-electron chi connectivity index (χ4n) is 4.50. The maximum atomic E-state index is 11.8. The molecular weight excluding hydrogens is 216 g/mol. The lowest BCUT2D eigenvalue weighted by molar-refractivity contribution is -0.175. The molecule has 0 unspecified atom stereocenters. The Bertz CT molecular complexity index is 385. The molecule has 0 aromatic heterocycles. The first-order chi connectivity index (χ1) is 7.67. The number of carboxylic acids is 1. The van der Waals surface area contributed by atoms with Crippen molar-refractivity contribution in [3.8, 4) is 0 Å². The van der Waals surface area contributed by atoms with Crippen molar-refractivity contribution in [2.24, 2.45) is 16.7 Å². The van der Waals surface area contributed by atoms with E-state index in [0.29, 0.717) is 25.2 Å². The zero-order chi connectivity index (χ0) is 13.1. The first kappa shape index (κ1) is 12.6. The van der Waals surface area contributed by atoms with Gasteiger partial charge in [0.15, 0.2) is 0 Å². The minimum Gasteiger partial charge on any atom is -0.481 e. The molecule has 0 heterocycles. The van der Waals surface area contributed by atoms with E-state index in [1.165, 1.54) is 0 Å². The van der Waals surface area contributed by atoms with Crippen molar-refractivity contribution >= 4 is 5.97 Å². The van der Waals surface area contributed by atoms with Crippen molar-refractivity contribution in [3.05, 3.63) is 12.2 Å². The van der Waals surface area contributed by atoms with Crippen molar-refractivity contribution < 1.29 is 15.0 Å². The largest absolute Gasteiger partial charge is 0.481 e. The summed E-state index contributed by atoms with van der Waals surface area (Å²) in [5.74, 6) is -0.533. The fourth-order valence-corrected chi connectivity index (χ4v) is 4.50. The van der Waals surface area contributed by atoms with Crippen LogP contribution in [0.25, 0.3) is 0 Å². The fraction of sp³-hybridized carbons (Fsp3) is 0.786. The Labute approximate surface area is 103 Å². The molecule has 0 radical (unpaired) electrons. The van der Waals surface area contributed by atoms with Gasteiger partial charge in [0.1, 0.15) is 5.41 Å². The van der Waals surface area contributed by atoms with Gasteiger partial charge in [-0.15, -0.1) is 6.58 Å². The van der Waals surface area contributed by atoms with Crippen LogP contribution >= 0.6 is 0 Å². The van der Waals surface area contributed by atoms with Gasteiger partial charge < -0.3 is 10.2 Å². The third-order valence-electron chi connectivity index (χ3n) is 5.33. The second-order valence-corrected chi connectivity index (χ2v) is 6.54. The van der Waals surface area contributed by atoms with E-state index in [2.05, 4.69) is 6.58 Å². The number of hydrogen-bond donors (Lipinski definition) is 2. The van der Waals surface area contributed by atoms with Gasteiger partial charge in [0.05, 0.1) is 5.60 Å². The van der Waals surface area contributed by atoms with Gasteiger partial charge in [0.2, 0.25) is 0 Å². The number of carboxylic acid groups (broad SMARTS) is 1. The number of fused-ring (bicyclic) bond motifs is 2. The Hall–Kier alpha value is -0.830. The first-order valence-electron chi connectivity index (χ1n) is 6.27. The summed E-state index contributed by atoms with van der Waals surface area (Å²) in [6.07, 6.45) is 2.50. The van der Waals surface area contributed by atoms with Gasteiger partial charge in [-0.3, -0.25) is 4.79 Å². The Morgan fingerprint density at radius 2 is 2.06 bits per heavy atom. The highest BCUT2D eigenvalue weighted by Gasteiger charge is 2.74. The SMILES string of the molecule is C=C(C)C[C@@]1(O)C[C@H]2CC[C@]1(C(=O)O)C2(C)C. The molecule has 0 aromatic carbocycles. The third-order valence-corrected chi connectivity index (χ3v) is 5.33. The van der Waals surface area contributed by atoms with Crippen molar-refractivity contribution in [2.75, 3.05) is 0 Å². The van der Waals surface area contributed by atoms with Crippen LogP contribution in [0.2, 0.25) is 0 Å². The molecule has 3 heteroatoms. The molecule has 0 aromatic rings. The predicted octanol–water partition coefficient (Wildman–Crippen LogP) is 2.59. The quantitative estimate of drug-likeness (QED) is 0.743. The maximum Gasteiger partial charge on any atom is 0.313 e. The molecule has 2 fully saturated rings. The average molecular weight is 238 g/mol. The van der Waals surface area contributed by atoms with Gasteiger partial charge in [-0.05, 0) is 43.9 Å². The van der Waals surface area contributed by atoms with Gasteiger partial charge in [-0.25, -0.2) is 0 Å². The molecule has 3 nitrogen and oxygen atoms in total. The monoisotopic (exact) mass is 238 g/mol. The highest BCUT2D eigenvalue weighted by atomic mass is 16.4. The van der Waals surface area contributed by atoms with Gasteiger partial charge in [0, 0.05) is 0 Å². The van der Waals surface area contributed by atoms with E-state index in [1.807, 2.05) is 20.8 Å². The van der Waals surface area contributed by atoms with E-state index in [-0.39, 0.29) is 5.41 Å². The summed E-state index contributed by atoms with van der Waals surface area (Å²) in [4.78, 5) is 11.8. The zero-order valence-electron chi connectivity index (χ0n) is 10.9. The Kier molecular flexibility index (Phi) is 2.48. The third kappa shape index (κ3) is 1.29. The highest BCUT2D eigenvalue weighted by Crippen LogP contribution is 2.71. The molecule has 2 rings (SSSR count). The summed E-state index contributed by atoms with van der Waals surface area (Å²) in [5.41, 5.74) is -1.58. The molecule has 0 spiro atoms. The smallest absolute Gasteiger partial charge is 0.313 e. The maximum absolute atomic E-state index is 11.8. The molecule has 2 N–H and O–H groups in total. The summed E-state index contributed by atoms with van der Waals surface area (Å²) in [5, 5.41) is 20.6. The minimum absolute atomic E-state index is 0.308. The summed E-state index contributed by atoms with van der Waals surface area (Å²) < 4.78 is 0. The van der Waals surface area contributed by atoms with Gasteiger partial charge in [0.25, 0.3) is 0 Å². The van der Waals surface area contributed by atoms with Crippen LogP contribution in [0.4, 0.5) is 0 Å². The Morgan fingerprint density at radius 1 is 1.47 bits per heavy atom. The number of aliphatic hydroxyl groups is 1. The molecule has 0 aliphatic heterocycles. The second kappa shape index (κ2) is 3.35. The van der Waals surface area contributed by atoms with Gasteiger partial charge >= 0.3 is 5.97 Å². The normalized spacial score (nSPS) is 42.7. The number of carbonyl (C=O) groups is 1. The van der Waals surface area contributed by atoms with E-state index in [1.54, 1.807) is 0 Å². The molecule has 3 atom stereocenters. The first-order valence-corrected chi connectivity index (χ1v) is 6.27. The van der Waals surface area contributed by atoms with Crippen LogP contribution in [0.5, 0.6) is 0 Å².